The van der Waals surface area contributed by atoms with Gasteiger partial charge in [0.1, 0.15) is 0 Å². The highest BCUT2D eigenvalue weighted by atomic mass is 14.7. The molecule has 4 rings (SSSR count). The van der Waals surface area contributed by atoms with Gasteiger partial charge in [-0.1, -0.05) is 81.1 Å². The van der Waals surface area contributed by atoms with Crippen molar-refractivity contribution < 1.29 is 0 Å². The van der Waals surface area contributed by atoms with E-state index in [2.05, 4.69) is 55.4 Å². The molecule has 5 unspecified atom stereocenters. The highest BCUT2D eigenvalue weighted by Crippen LogP contribution is 2.75. The van der Waals surface area contributed by atoms with E-state index in [1.807, 2.05) is 0 Å². The molecule has 0 aliphatic heterocycles. The zero-order valence-corrected chi connectivity index (χ0v) is 21.9. The van der Waals surface area contributed by atoms with Crippen molar-refractivity contribution in [2.75, 3.05) is 0 Å². The van der Waals surface area contributed by atoms with Crippen LogP contribution in [0.1, 0.15) is 132 Å². The lowest BCUT2D eigenvalue weighted by Crippen LogP contribution is -2.60. The van der Waals surface area contributed by atoms with Crippen LogP contribution in [-0.4, -0.2) is 0 Å². The van der Waals surface area contributed by atoms with Gasteiger partial charge in [0.25, 0.3) is 0 Å². The van der Waals surface area contributed by atoms with Crippen molar-refractivity contribution in [1.29, 1.82) is 0 Å². The molecule has 4 fully saturated rings. The molecule has 4 aliphatic carbocycles. The summed E-state index contributed by atoms with van der Waals surface area (Å²) in [5.41, 5.74) is 2.37. The SMILES string of the molecule is CC(C)CCC[C@@H](C)[C@@]1(C)CCC2C3CCC4CC(C)CC[C@]4(C)[C@@]3(C)CCC21C. The van der Waals surface area contributed by atoms with E-state index in [0.717, 1.165) is 35.5 Å². The summed E-state index contributed by atoms with van der Waals surface area (Å²) in [5.74, 6) is 5.72. The van der Waals surface area contributed by atoms with Gasteiger partial charge in [0.05, 0.1) is 0 Å². The molecular formula is C30H54. The Kier molecular flexibility index (Phi) is 6.02. The van der Waals surface area contributed by atoms with Crippen molar-refractivity contribution in [3.05, 3.63) is 0 Å². The first-order chi connectivity index (χ1) is 14.0. The third-order valence-electron chi connectivity index (χ3n) is 12.9. The zero-order chi connectivity index (χ0) is 21.9. The maximum absolute atomic E-state index is 2.78. The summed E-state index contributed by atoms with van der Waals surface area (Å²) >= 11 is 0. The minimum atomic E-state index is 0.564. The number of hydrogen-bond acceptors (Lipinski definition) is 0. The smallest absolute Gasteiger partial charge is 0.0238 e. The van der Waals surface area contributed by atoms with Crippen LogP contribution in [0.3, 0.4) is 0 Å². The van der Waals surface area contributed by atoms with Gasteiger partial charge in [-0.05, 0) is 109 Å². The Bertz CT molecular complexity index is 620. The average molecular weight is 415 g/mol. The molecule has 0 spiro atoms. The first-order valence-corrected chi connectivity index (χ1v) is 14.0. The predicted octanol–water partition coefficient (Wildman–Crippen LogP) is 9.52. The summed E-state index contributed by atoms with van der Waals surface area (Å²) in [6, 6.07) is 0. The molecule has 0 heterocycles. The van der Waals surface area contributed by atoms with Crippen molar-refractivity contribution in [2.24, 2.45) is 57.2 Å². The lowest BCUT2D eigenvalue weighted by atomic mass is 9.37. The van der Waals surface area contributed by atoms with Crippen LogP contribution in [0.15, 0.2) is 0 Å². The summed E-state index contributed by atoms with van der Waals surface area (Å²) in [4.78, 5) is 0. The molecule has 4 aliphatic rings. The van der Waals surface area contributed by atoms with Crippen LogP contribution in [0.5, 0.6) is 0 Å². The van der Waals surface area contributed by atoms with Gasteiger partial charge in [0, 0.05) is 0 Å². The molecule has 0 aromatic carbocycles. The fourth-order valence-electron chi connectivity index (χ4n) is 10.1. The van der Waals surface area contributed by atoms with E-state index in [0.29, 0.717) is 21.7 Å². The second-order valence-corrected chi connectivity index (χ2v) is 14.3. The summed E-state index contributed by atoms with van der Waals surface area (Å²) in [6.45, 7) is 21.0. The average Bonchev–Trinajstić information content (AvgIpc) is 2.95. The van der Waals surface area contributed by atoms with Gasteiger partial charge in [0.2, 0.25) is 0 Å². The summed E-state index contributed by atoms with van der Waals surface area (Å²) in [7, 11) is 0. The molecule has 0 nitrogen and oxygen atoms in total. The van der Waals surface area contributed by atoms with Gasteiger partial charge in [-0.2, -0.15) is 0 Å². The number of fused-ring (bicyclic) bond motifs is 5. The molecule has 0 amide bonds. The topological polar surface area (TPSA) is 0 Å². The Morgan fingerprint density at radius 1 is 0.700 bits per heavy atom. The second-order valence-electron chi connectivity index (χ2n) is 14.3. The van der Waals surface area contributed by atoms with Crippen molar-refractivity contribution in [2.45, 2.75) is 132 Å². The molecule has 0 radical (unpaired) electrons. The van der Waals surface area contributed by atoms with Crippen LogP contribution >= 0.6 is 0 Å². The molecule has 30 heavy (non-hydrogen) atoms. The van der Waals surface area contributed by atoms with Crippen LogP contribution in [0, 0.1) is 57.2 Å². The van der Waals surface area contributed by atoms with Crippen LogP contribution in [0.2, 0.25) is 0 Å². The number of rotatable bonds is 5. The number of hydrogen-bond donors (Lipinski definition) is 0. The minimum Gasteiger partial charge on any atom is -0.0628 e. The molecule has 0 N–H and O–H groups in total. The largest absolute Gasteiger partial charge is 0.0628 e. The minimum absolute atomic E-state index is 0.564. The third-order valence-corrected chi connectivity index (χ3v) is 12.9. The maximum atomic E-state index is 2.78. The Hall–Kier alpha value is 0. The second kappa shape index (κ2) is 7.80. The molecular weight excluding hydrogens is 360 g/mol. The van der Waals surface area contributed by atoms with Crippen LogP contribution < -0.4 is 0 Å². The van der Waals surface area contributed by atoms with E-state index in [1.165, 1.54) is 70.6 Å². The van der Waals surface area contributed by atoms with Gasteiger partial charge in [-0.25, -0.2) is 0 Å². The molecule has 0 bridgehead atoms. The summed E-state index contributed by atoms with van der Waals surface area (Å²) in [5, 5.41) is 0. The van der Waals surface area contributed by atoms with Crippen molar-refractivity contribution in [3.8, 4) is 0 Å². The Morgan fingerprint density at radius 2 is 1.37 bits per heavy atom. The van der Waals surface area contributed by atoms with Crippen LogP contribution in [0.25, 0.3) is 0 Å². The predicted molar refractivity (Wildman–Crippen MR) is 131 cm³/mol. The lowest BCUT2D eigenvalue weighted by Gasteiger charge is -2.68. The summed E-state index contributed by atoms with van der Waals surface area (Å²) < 4.78 is 0. The standard InChI is InChI=1S/C30H54/c1-21(2)10-9-11-23(4)27(5)17-15-26-25-13-12-24-20-22(3)14-16-28(24,6)30(25,8)19-18-29(26,27)7/h21-26H,9-20H2,1-8H3/t22?,23-,24?,25?,26?,27-,28+,29?,30+/m1/s1. The van der Waals surface area contributed by atoms with Crippen LogP contribution in [0.4, 0.5) is 0 Å². The van der Waals surface area contributed by atoms with Crippen molar-refractivity contribution in [1.82, 2.24) is 0 Å². The molecule has 4 saturated carbocycles. The van der Waals surface area contributed by atoms with E-state index in [1.54, 1.807) is 6.42 Å². The maximum Gasteiger partial charge on any atom is -0.0238 e. The molecule has 0 saturated heterocycles. The van der Waals surface area contributed by atoms with E-state index >= 15 is 0 Å². The van der Waals surface area contributed by atoms with Gasteiger partial charge < -0.3 is 0 Å². The molecule has 9 atom stereocenters. The Labute approximate surface area is 189 Å². The highest BCUT2D eigenvalue weighted by Gasteiger charge is 2.67. The van der Waals surface area contributed by atoms with E-state index in [4.69, 9.17) is 0 Å². The fraction of sp³-hybridized carbons (Fsp3) is 1.00. The van der Waals surface area contributed by atoms with Gasteiger partial charge >= 0.3 is 0 Å². The van der Waals surface area contributed by atoms with Crippen molar-refractivity contribution >= 4 is 0 Å². The van der Waals surface area contributed by atoms with Gasteiger partial charge in [-0.3, -0.25) is 0 Å². The van der Waals surface area contributed by atoms with Gasteiger partial charge in [0.15, 0.2) is 0 Å². The normalized spacial score (nSPS) is 51.9. The lowest BCUT2D eigenvalue weighted by molar-refractivity contribution is -0.190. The quantitative estimate of drug-likeness (QED) is 0.420. The fourth-order valence-corrected chi connectivity index (χ4v) is 10.1. The Morgan fingerprint density at radius 3 is 2.07 bits per heavy atom. The third kappa shape index (κ3) is 3.19. The first kappa shape index (κ1) is 23.2. The van der Waals surface area contributed by atoms with Gasteiger partial charge in [-0.15, -0.1) is 0 Å². The summed E-state index contributed by atoms with van der Waals surface area (Å²) in [6.07, 6.45) is 18.0. The van der Waals surface area contributed by atoms with Crippen LogP contribution in [-0.2, 0) is 0 Å². The highest BCUT2D eigenvalue weighted by molar-refractivity contribution is 5.16. The Balaban J connectivity index is 1.56. The monoisotopic (exact) mass is 414 g/mol. The van der Waals surface area contributed by atoms with E-state index in [-0.39, 0.29) is 0 Å². The molecule has 174 valence electrons. The zero-order valence-electron chi connectivity index (χ0n) is 21.9. The molecule has 0 aromatic rings. The first-order valence-electron chi connectivity index (χ1n) is 14.0. The van der Waals surface area contributed by atoms with E-state index in [9.17, 15) is 0 Å². The van der Waals surface area contributed by atoms with E-state index < -0.39 is 0 Å². The molecule has 0 aromatic heterocycles. The van der Waals surface area contributed by atoms with Crippen molar-refractivity contribution in [3.63, 3.8) is 0 Å². The molecule has 0 heteroatoms.